The van der Waals surface area contributed by atoms with Crippen LogP contribution >= 0.6 is 0 Å². The molecule has 3 aromatic rings. The Morgan fingerprint density at radius 2 is 1.91 bits per heavy atom. The van der Waals surface area contributed by atoms with Gasteiger partial charge in [-0.25, -0.2) is 4.39 Å². The summed E-state index contributed by atoms with van der Waals surface area (Å²) < 4.78 is 23.4. The van der Waals surface area contributed by atoms with E-state index >= 15 is 0 Å². The van der Waals surface area contributed by atoms with E-state index in [9.17, 15) is 9.18 Å². The largest absolute Gasteiger partial charge is 0.461 e. The average molecular weight is 311 g/mol. The number of esters is 1. The van der Waals surface area contributed by atoms with Crippen LogP contribution in [0.4, 0.5) is 4.39 Å². The Morgan fingerprint density at radius 1 is 1.17 bits per heavy atom. The summed E-state index contributed by atoms with van der Waals surface area (Å²) in [7, 11) is 0. The standard InChI is InChI=1S/C18H14FNO3/c1-12(21)22-11-14-4-2-3-5-16(14)17-10-18(23-20-17)13-6-8-15(19)9-7-13/h2-10H,11H2,1H3. The molecule has 3 rings (SSSR count). The highest BCUT2D eigenvalue weighted by atomic mass is 19.1. The maximum atomic E-state index is 13.0. The summed E-state index contributed by atoms with van der Waals surface area (Å²) in [5.74, 6) is -0.102. The van der Waals surface area contributed by atoms with Gasteiger partial charge in [0.25, 0.3) is 0 Å². The smallest absolute Gasteiger partial charge is 0.302 e. The Labute approximate surface area is 132 Å². The predicted octanol–water partition coefficient (Wildman–Crippen LogP) is 4.21. The highest BCUT2D eigenvalue weighted by molar-refractivity contribution is 5.70. The molecule has 0 fully saturated rings. The molecule has 0 N–H and O–H groups in total. The highest BCUT2D eigenvalue weighted by Gasteiger charge is 2.12. The number of carbonyl (C=O) groups is 1. The van der Waals surface area contributed by atoms with Crippen molar-refractivity contribution in [3.8, 4) is 22.6 Å². The molecule has 0 aliphatic carbocycles. The van der Waals surface area contributed by atoms with E-state index in [1.54, 1.807) is 18.2 Å². The van der Waals surface area contributed by atoms with Gasteiger partial charge in [-0.1, -0.05) is 29.4 Å². The van der Waals surface area contributed by atoms with Crippen LogP contribution in [-0.4, -0.2) is 11.1 Å². The normalized spacial score (nSPS) is 10.5. The van der Waals surface area contributed by atoms with E-state index in [4.69, 9.17) is 9.26 Å². The SMILES string of the molecule is CC(=O)OCc1ccccc1-c1cc(-c2ccc(F)cc2)on1. The molecular weight excluding hydrogens is 297 g/mol. The molecule has 0 aliphatic rings. The van der Waals surface area contributed by atoms with E-state index in [1.807, 2.05) is 24.3 Å². The Kier molecular flexibility index (Phi) is 4.19. The molecule has 23 heavy (non-hydrogen) atoms. The molecule has 1 aromatic heterocycles. The van der Waals surface area contributed by atoms with Crippen LogP contribution in [0.3, 0.4) is 0 Å². The second kappa shape index (κ2) is 6.44. The van der Waals surface area contributed by atoms with E-state index in [1.165, 1.54) is 19.1 Å². The predicted molar refractivity (Wildman–Crippen MR) is 82.8 cm³/mol. The monoisotopic (exact) mass is 311 g/mol. The van der Waals surface area contributed by atoms with Crippen LogP contribution < -0.4 is 0 Å². The maximum Gasteiger partial charge on any atom is 0.302 e. The number of hydrogen-bond acceptors (Lipinski definition) is 4. The first-order valence-corrected chi connectivity index (χ1v) is 7.08. The summed E-state index contributed by atoms with van der Waals surface area (Å²) in [6, 6.07) is 15.3. The molecule has 0 saturated heterocycles. The van der Waals surface area contributed by atoms with Crippen molar-refractivity contribution in [1.82, 2.24) is 5.16 Å². The van der Waals surface area contributed by atoms with Crippen LogP contribution in [0.1, 0.15) is 12.5 Å². The Balaban J connectivity index is 1.91. The fourth-order valence-electron chi connectivity index (χ4n) is 2.23. The van der Waals surface area contributed by atoms with Crippen molar-refractivity contribution in [3.63, 3.8) is 0 Å². The molecule has 0 atom stereocenters. The van der Waals surface area contributed by atoms with Crippen molar-refractivity contribution < 1.29 is 18.4 Å². The van der Waals surface area contributed by atoms with Crippen LogP contribution in [0.25, 0.3) is 22.6 Å². The molecule has 0 saturated carbocycles. The van der Waals surface area contributed by atoms with E-state index < -0.39 is 0 Å². The van der Waals surface area contributed by atoms with Gasteiger partial charge in [0.2, 0.25) is 0 Å². The molecule has 4 nitrogen and oxygen atoms in total. The van der Waals surface area contributed by atoms with Crippen LogP contribution in [0.2, 0.25) is 0 Å². The number of ether oxygens (including phenoxy) is 1. The van der Waals surface area contributed by atoms with E-state index in [2.05, 4.69) is 5.16 Å². The van der Waals surface area contributed by atoms with Crippen LogP contribution in [0.5, 0.6) is 0 Å². The number of hydrogen-bond donors (Lipinski definition) is 0. The van der Waals surface area contributed by atoms with Crippen LogP contribution in [0.15, 0.2) is 59.1 Å². The summed E-state index contributed by atoms with van der Waals surface area (Å²) in [4.78, 5) is 11.0. The van der Waals surface area contributed by atoms with Gasteiger partial charge in [-0.2, -0.15) is 0 Å². The van der Waals surface area contributed by atoms with E-state index in [-0.39, 0.29) is 18.4 Å². The first-order valence-electron chi connectivity index (χ1n) is 7.08. The van der Waals surface area contributed by atoms with Gasteiger partial charge in [0.15, 0.2) is 5.76 Å². The van der Waals surface area contributed by atoms with Gasteiger partial charge in [0.05, 0.1) is 0 Å². The van der Waals surface area contributed by atoms with Crippen LogP contribution in [-0.2, 0) is 16.1 Å². The molecule has 5 heteroatoms. The van der Waals surface area contributed by atoms with Gasteiger partial charge < -0.3 is 9.26 Å². The third kappa shape index (κ3) is 3.45. The number of nitrogens with zero attached hydrogens (tertiary/aromatic N) is 1. The average Bonchev–Trinajstić information content (AvgIpc) is 3.03. The van der Waals surface area contributed by atoms with Gasteiger partial charge in [0.1, 0.15) is 18.1 Å². The third-order valence-electron chi connectivity index (χ3n) is 3.36. The van der Waals surface area contributed by atoms with Crippen molar-refractivity contribution >= 4 is 5.97 Å². The number of halogens is 1. The number of carbonyl (C=O) groups excluding carboxylic acids is 1. The lowest BCUT2D eigenvalue weighted by Gasteiger charge is -2.06. The topological polar surface area (TPSA) is 52.3 Å². The Morgan fingerprint density at radius 3 is 2.65 bits per heavy atom. The molecule has 0 spiro atoms. The minimum absolute atomic E-state index is 0.171. The van der Waals surface area contributed by atoms with Gasteiger partial charge in [-0.15, -0.1) is 0 Å². The molecule has 2 aromatic carbocycles. The van der Waals surface area contributed by atoms with Crippen LogP contribution in [0, 0.1) is 5.82 Å². The zero-order valence-electron chi connectivity index (χ0n) is 12.5. The first-order chi connectivity index (χ1) is 11.1. The molecule has 0 bridgehead atoms. The van der Waals surface area contributed by atoms with E-state index in [0.717, 1.165) is 16.7 Å². The quantitative estimate of drug-likeness (QED) is 0.677. The Bertz CT molecular complexity index is 824. The molecule has 0 amide bonds. The minimum atomic E-state index is -0.341. The highest BCUT2D eigenvalue weighted by Crippen LogP contribution is 2.28. The molecule has 116 valence electrons. The number of benzene rings is 2. The van der Waals surface area contributed by atoms with Crippen molar-refractivity contribution in [3.05, 3.63) is 66.0 Å². The molecule has 1 heterocycles. The summed E-state index contributed by atoms with van der Waals surface area (Å²) in [6.07, 6.45) is 0. The molecule has 0 radical (unpaired) electrons. The fourth-order valence-corrected chi connectivity index (χ4v) is 2.23. The lowest BCUT2D eigenvalue weighted by molar-refractivity contribution is -0.142. The van der Waals surface area contributed by atoms with Crippen molar-refractivity contribution in [2.75, 3.05) is 0 Å². The summed E-state index contributed by atoms with van der Waals surface area (Å²) in [5.41, 5.74) is 3.03. The zero-order chi connectivity index (χ0) is 16.2. The molecular formula is C18H14FNO3. The van der Waals surface area contributed by atoms with Crippen molar-refractivity contribution in [1.29, 1.82) is 0 Å². The fraction of sp³-hybridized carbons (Fsp3) is 0.111. The number of aromatic nitrogens is 1. The number of rotatable bonds is 4. The lowest BCUT2D eigenvalue weighted by atomic mass is 10.0. The third-order valence-corrected chi connectivity index (χ3v) is 3.36. The summed E-state index contributed by atoms with van der Waals surface area (Å²) >= 11 is 0. The summed E-state index contributed by atoms with van der Waals surface area (Å²) in [6.45, 7) is 1.54. The van der Waals surface area contributed by atoms with Crippen molar-refractivity contribution in [2.45, 2.75) is 13.5 Å². The van der Waals surface area contributed by atoms with Gasteiger partial charge in [0, 0.05) is 24.1 Å². The maximum absolute atomic E-state index is 13.0. The molecule has 0 unspecified atom stereocenters. The van der Waals surface area contributed by atoms with Gasteiger partial charge in [-0.05, 0) is 29.8 Å². The Hall–Kier alpha value is -2.95. The summed E-state index contributed by atoms with van der Waals surface area (Å²) in [5, 5.41) is 4.06. The molecule has 0 aliphatic heterocycles. The van der Waals surface area contributed by atoms with Gasteiger partial charge in [-0.3, -0.25) is 4.79 Å². The second-order valence-electron chi connectivity index (χ2n) is 5.02. The first kappa shape index (κ1) is 15.0. The zero-order valence-corrected chi connectivity index (χ0v) is 12.5. The second-order valence-corrected chi connectivity index (χ2v) is 5.02. The van der Waals surface area contributed by atoms with E-state index in [0.29, 0.717) is 11.5 Å². The lowest BCUT2D eigenvalue weighted by Crippen LogP contribution is -2.00. The minimum Gasteiger partial charge on any atom is -0.461 e. The van der Waals surface area contributed by atoms with Crippen molar-refractivity contribution in [2.24, 2.45) is 0 Å². The van der Waals surface area contributed by atoms with Gasteiger partial charge >= 0.3 is 5.97 Å².